The number of halogens is 1. The minimum absolute atomic E-state index is 0.122. The van der Waals surface area contributed by atoms with E-state index in [0.29, 0.717) is 5.56 Å². The Morgan fingerprint density at radius 2 is 1.38 bits per heavy atom. The highest BCUT2D eigenvalue weighted by Gasteiger charge is 2.20. The Morgan fingerprint density at radius 3 is 2.00 bits per heavy atom. The number of carbonyl (C=O) groups excluding carboxylic acids is 1. The number of carbonyl (C=O) groups is 1. The van der Waals surface area contributed by atoms with Gasteiger partial charge in [-0.2, -0.15) is 0 Å². The highest BCUT2D eigenvalue weighted by molar-refractivity contribution is 7.92. The van der Waals surface area contributed by atoms with Crippen LogP contribution in [-0.4, -0.2) is 14.3 Å². The number of anilines is 1. The monoisotopic (exact) mass is 490 g/mol. The van der Waals surface area contributed by atoms with E-state index in [2.05, 4.69) is 10.0 Å². The molecule has 172 valence electrons. The van der Waals surface area contributed by atoms with Crippen molar-refractivity contribution >= 4 is 33.2 Å². The summed E-state index contributed by atoms with van der Waals surface area (Å²) in [5, 5.41) is 3.19. The first-order valence-electron chi connectivity index (χ1n) is 10.6. The van der Waals surface area contributed by atoms with Gasteiger partial charge in [-0.1, -0.05) is 90.0 Å². The standard InChI is InChI=1S/C27H23ClN2O3S/c1-19-12-14-21(15-13-19)26(20-8-4-2-5-9-20)29-27(31)22-16-17-25(24(28)18-22)30-34(32,33)23-10-6-3-7-11-23/h2-18,26,30H,1H3,(H,29,31)/t26-/m0/s1. The smallest absolute Gasteiger partial charge is 0.261 e. The molecular formula is C27H23ClN2O3S. The van der Waals surface area contributed by atoms with Gasteiger partial charge in [0.2, 0.25) is 0 Å². The van der Waals surface area contributed by atoms with Crippen molar-refractivity contribution in [3.05, 3.63) is 130 Å². The van der Waals surface area contributed by atoms with Gasteiger partial charge in [-0.05, 0) is 48.4 Å². The van der Waals surface area contributed by atoms with Gasteiger partial charge in [-0.15, -0.1) is 0 Å². The van der Waals surface area contributed by atoms with Crippen molar-refractivity contribution in [3.8, 4) is 0 Å². The molecule has 4 rings (SSSR count). The summed E-state index contributed by atoms with van der Waals surface area (Å²) in [6, 6.07) is 29.8. The molecule has 4 aromatic carbocycles. The van der Waals surface area contributed by atoms with Crippen LogP contribution in [0.15, 0.2) is 108 Å². The number of sulfonamides is 1. The van der Waals surface area contributed by atoms with Crippen molar-refractivity contribution in [2.45, 2.75) is 17.9 Å². The van der Waals surface area contributed by atoms with Crippen LogP contribution in [0.4, 0.5) is 5.69 Å². The second kappa shape index (κ2) is 10.1. The second-order valence-electron chi connectivity index (χ2n) is 7.84. The molecule has 34 heavy (non-hydrogen) atoms. The lowest BCUT2D eigenvalue weighted by Gasteiger charge is -2.20. The molecule has 0 saturated heterocycles. The summed E-state index contributed by atoms with van der Waals surface area (Å²) in [5.41, 5.74) is 3.53. The van der Waals surface area contributed by atoms with Gasteiger partial charge < -0.3 is 5.32 Å². The third-order valence-corrected chi connectivity index (χ3v) is 7.04. The van der Waals surface area contributed by atoms with Gasteiger partial charge in [0.1, 0.15) is 0 Å². The fraction of sp³-hybridized carbons (Fsp3) is 0.0741. The van der Waals surface area contributed by atoms with Crippen LogP contribution in [0.1, 0.15) is 33.1 Å². The van der Waals surface area contributed by atoms with Crippen molar-refractivity contribution in [2.24, 2.45) is 0 Å². The fourth-order valence-corrected chi connectivity index (χ4v) is 4.91. The van der Waals surface area contributed by atoms with Crippen LogP contribution in [0.2, 0.25) is 5.02 Å². The van der Waals surface area contributed by atoms with E-state index in [0.717, 1.165) is 16.7 Å². The molecule has 0 spiro atoms. The molecule has 1 amide bonds. The number of amides is 1. The lowest BCUT2D eigenvalue weighted by atomic mass is 9.97. The van der Waals surface area contributed by atoms with Crippen molar-refractivity contribution in [3.63, 3.8) is 0 Å². The van der Waals surface area contributed by atoms with E-state index in [9.17, 15) is 13.2 Å². The Kier molecular flexibility index (Phi) is 7.01. The fourth-order valence-electron chi connectivity index (χ4n) is 3.52. The first-order chi connectivity index (χ1) is 16.3. The Morgan fingerprint density at radius 1 is 0.794 bits per heavy atom. The van der Waals surface area contributed by atoms with E-state index in [1.54, 1.807) is 24.3 Å². The number of hydrogen-bond donors (Lipinski definition) is 2. The predicted molar refractivity (Wildman–Crippen MR) is 136 cm³/mol. The van der Waals surface area contributed by atoms with Crippen LogP contribution in [0.3, 0.4) is 0 Å². The lowest BCUT2D eigenvalue weighted by Crippen LogP contribution is -2.29. The average Bonchev–Trinajstić information content (AvgIpc) is 2.85. The molecule has 5 nitrogen and oxygen atoms in total. The molecule has 0 unspecified atom stereocenters. The first-order valence-corrected chi connectivity index (χ1v) is 12.5. The van der Waals surface area contributed by atoms with Gasteiger partial charge in [0.05, 0.1) is 21.6 Å². The summed E-state index contributed by atoms with van der Waals surface area (Å²) >= 11 is 6.35. The van der Waals surface area contributed by atoms with Crippen molar-refractivity contribution in [2.75, 3.05) is 4.72 Å². The maximum absolute atomic E-state index is 13.1. The summed E-state index contributed by atoms with van der Waals surface area (Å²) < 4.78 is 27.7. The summed E-state index contributed by atoms with van der Waals surface area (Å²) in [7, 11) is -3.80. The quantitative estimate of drug-likeness (QED) is 0.335. The minimum atomic E-state index is -3.80. The average molecular weight is 491 g/mol. The maximum atomic E-state index is 13.1. The number of benzene rings is 4. The van der Waals surface area contributed by atoms with Crippen molar-refractivity contribution in [1.29, 1.82) is 0 Å². The predicted octanol–water partition coefficient (Wildman–Crippen LogP) is 5.97. The summed E-state index contributed by atoms with van der Waals surface area (Å²) in [6.45, 7) is 2.01. The van der Waals surface area contributed by atoms with Crippen LogP contribution in [-0.2, 0) is 10.0 Å². The maximum Gasteiger partial charge on any atom is 0.261 e. The molecule has 0 radical (unpaired) electrons. The first kappa shape index (κ1) is 23.5. The van der Waals surface area contributed by atoms with Gasteiger partial charge in [-0.3, -0.25) is 9.52 Å². The number of hydrogen-bond acceptors (Lipinski definition) is 3. The molecule has 4 aromatic rings. The Labute approximate surface area is 204 Å². The molecule has 0 aromatic heterocycles. The van der Waals surface area contributed by atoms with Gasteiger partial charge >= 0.3 is 0 Å². The van der Waals surface area contributed by atoms with Crippen LogP contribution < -0.4 is 10.0 Å². The third-order valence-electron chi connectivity index (χ3n) is 5.35. The lowest BCUT2D eigenvalue weighted by molar-refractivity contribution is 0.0943. The van der Waals surface area contributed by atoms with Gasteiger partial charge in [0.15, 0.2) is 0 Å². The largest absolute Gasteiger partial charge is 0.341 e. The van der Waals surface area contributed by atoms with Crippen LogP contribution >= 0.6 is 11.6 Å². The normalized spacial score (nSPS) is 12.1. The highest BCUT2D eigenvalue weighted by atomic mass is 35.5. The van der Waals surface area contributed by atoms with Crippen molar-refractivity contribution < 1.29 is 13.2 Å². The molecule has 2 N–H and O–H groups in total. The molecule has 0 aliphatic heterocycles. The zero-order valence-corrected chi connectivity index (χ0v) is 20.0. The Bertz CT molecular complexity index is 1390. The van der Waals surface area contributed by atoms with E-state index >= 15 is 0 Å². The summed E-state index contributed by atoms with van der Waals surface area (Å²) in [6.07, 6.45) is 0. The molecule has 0 saturated carbocycles. The molecule has 0 bridgehead atoms. The number of nitrogens with one attached hydrogen (secondary N) is 2. The Balaban J connectivity index is 1.57. The highest BCUT2D eigenvalue weighted by Crippen LogP contribution is 2.27. The van der Waals surface area contributed by atoms with E-state index in [-0.39, 0.29) is 27.6 Å². The van der Waals surface area contributed by atoms with Gasteiger partial charge in [0, 0.05) is 5.56 Å². The molecule has 0 fully saturated rings. The van der Waals surface area contributed by atoms with E-state index in [4.69, 9.17) is 11.6 Å². The summed E-state index contributed by atoms with van der Waals surface area (Å²) in [4.78, 5) is 13.3. The molecule has 0 aliphatic rings. The van der Waals surface area contributed by atoms with E-state index in [1.165, 1.54) is 24.3 Å². The van der Waals surface area contributed by atoms with Gasteiger partial charge in [-0.25, -0.2) is 8.42 Å². The molecule has 1 atom stereocenters. The number of rotatable bonds is 7. The van der Waals surface area contributed by atoms with Crippen LogP contribution in [0, 0.1) is 6.92 Å². The van der Waals surface area contributed by atoms with Crippen LogP contribution in [0.25, 0.3) is 0 Å². The minimum Gasteiger partial charge on any atom is -0.341 e. The van der Waals surface area contributed by atoms with Gasteiger partial charge in [0.25, 0.3) is 15.9 Å². The zero-order valence-electron chi connectivity index (χ0n) is 18.4. The molecule has 0 aliphatic carbocycles. The zero-order chi connectivity index (χ0) is 24.1. The second-order valence-corrected chi connectivity index (χ2v) is 9.93. The third kappa shape index (κ3) is 5.47. The van der Waals surface area contributed by atoms with Crippen molar-refractivity contribution in [1.82, 2.24) is 5.32 Å². The summed E-state index contributed by atoms with van der Waals surface area (Å²) in [5.74, 6) is -0.325. The number of aryl methyl sites for hydroxylation is 1. The Hall–Kier alpha value is -3.61. The molecule has 7 heteroatoms. The van der Waals surface area contributed by atoms with E-state index in [1.807, 2.05) is 61.5 Å². The topological polar surface area (TPSA) is 75.3 Å². The SMILES string of the molecule is Cc1ccc([C@@H](NC(=O)c2ccc(NS(=O)(=O)c3ccccc3)c(Cl)c2)c2ccccc2)cc1. The van der Waals surface area contributed by atoms with Crippen LogP contribution in [0.5, 0.6) is 0 Å². The van der Waals surface area contributed by atoms with E-state index < -0.39 is 10.0 Å². The molecule has 0 heterocycles. The molecular weight excluding hydrogens is 468 g/mol.